The van der Waals surface area contributed by atoms with E-state index in [1.165, 1.54) is 11.1 Å². The summed E-state index contributed by atoms with van der Waals surface area (Å²) in [6.45, 7) is 7.38. The second-order valence-electron chi connectivity index (χ2n) is 4.68. The van der Waals surface area contributed by atoms with Crippen molar-refractivity contribution in [3.8, 4) is 0 Å². The van der Waals surface area contributed by atoms with Crippen LogP contribution in [0.4, 0.5) is 0 Å². The minimum absolute atomic E-state index is 0.114. The molecule has 108 valence electrons. The highest BCUT2D eigenvalue weighted by atomic mass is 79.9. The highest BCUT2D eigenvalue weighted by Crippen LogP contribution is 2.20. The van der Waals surface area contributed by atoms with Crippen LogP contribution < -0.4 is 5.32 Å². The Kier molecular flexibility index (Phi) is 8.30. The van der Waals surface area contributed by atoms with E-state index in [2.05, 4.69) is 46.4 Å². The van der Waals surface area contributed by atoms with Gasteiger partial charge in [0.25, 0.3) is 0 Å². The molecule has 1 aromatic carbocycles. The molecule has 1 unspecified atom stereocenters. The molecule has 4 heteroatoms. The number of ether oxygens (including phenoxy) is 2. The van der Waals surface area contributed by atoms with Crippen molar-refractivity contribution in [3.05, 3.63) is 33.8 Å². The topological polar surface area (TPSA) is 30.5 Å². The molecular formula is C15H24BrNO2. The van der Waals surface area contributed by atoms with Gasteiger partial charge in [-0.2, -0.15) is 0 Å². The average molecular weight is 330 g/mol. The Labute approximate surface area is 124 Å². The van der Waals surface area contributed by atoms with E-state index in [1.807, 2.05) is 6.92 Å². The molecule has 19 heavy (non-hydrogen) atoms. The van der Waals surface area contributed by atoms with E-state index in [-0.39, 0.29) is 6.10 Å². The summed E-state index contributed by atoms with van der Waals surface area (Å²) in [5.41, 5.74) is 2.45. The third-order valence-corrected chi connectivity index (χ3v) is 3.54. The molecule has 1 atom stereocenters. The fourth-order valence-corrected chi connectivity index (χ4v) is 2.28. The van der Waals surface area contributed by atoms with Crippen LogP contribution >= 0.6 is 15.9 Å². The summed E-state index contributed by atoms with van der Waals surface area (Å²) >= 11 is 3.61. The average Bonchev–Trinajstić information content (AvgIpc) is 2.38. The molecule has 0 saturated carbocycles. The fraction of sp³-hybridized carbons (Fsp3) is 0.600. The Bertz CT molecular complexity index is 371. The summed E-state index contributed by atoms with van der Waals surface area (Å²) in [7, 11) is 1.69. The molecule has 0 radical (unpaired) electrons. The minimum Gasteiger partial charge on any atom is -0.382 e. The number of halogens is 1. The van der Waals surface area contributed by atoms with Gasteiger partial charge in [0.15, 0.2) is 0 Å². The monoisotopic (exact) mass is 329 g/mol. The van der Waals surface area contributed by atoms with E-state index in [0.29, 0.717) is 13.2 Å². The number of benzene rings is 1. The number of nitrogens with one attached hydrogen (secondary N) is 1. The van der Waals surface area contributed by atoms with Crippen LogP contribution in [0.1, 0.15) is 31.4 Å². The van der Waals surface area contributed by atoms with Gasteiger partial charge in [-0.05, 0) is 37.1 Å². The van der Waals surface area contributed by atoms with Gasteiger partial charge >= 0.3 is 0 Å². The van der Waals surface area contributed by atoms with Crippen LogP contribution in [0, 0.1) is 0 Å². The lowest BCUT2D eigenvalue weighted by molar-refractivity contribution is -0.000332. The molecule has 0 aliphatic carbocycles. The van der Waals surface area contributed by atoms with Gasteiger partial charge in [0.05, 0.1) is 19.3 Å². The second-order valence-corrected chi connectivity index (χ2v) is 5.53. The smallest absolute Gasteiger partial charge is 0.0784 e. The number of rotatable bonds is 9. The molecule has 3 nitrogen and oxygen atoms in total. The van der Waals surface area contributed by atoms with Crippen LogP contribution in [-0.4, -0.2) is 26.4 Å². The fourth-order valence-electron chi connectivity index (χ4n) is 1.74. The molecule has 0 amide bonds. The summed E-state index contributed by atoms with van der Waals surface area (Å²) in [5, 5.41) is 3.40. The van der Waals surface area contributed by atoms with Crippen LogP contribution in [-0.2, 0) is 22.6 Å². The summed E-state index contributed by atoms with van der Waals surface area (Å²) in [6, 6.07) is 6.42. The molecule has 0 heterocycles. The third-order valence-electron chi connectivity index (χ3n) is 2.80. The van der Waals surface area contributed by atoms with E-state index in [1.54, 1.807) is 7.11 Å². The van der Waals surface area contributed by atoms with Gasteiger partial charge in [-0.1, -0.05) is 35.0 Å². The van der Waals surface area contributed by atoms with Crippen molar-refractivity contribution in [2.24, 2.45) is 0 Å². The van der Waals surface area contributed by atoms with Gasteiger partial charge < -0.3 is 14.8 Å². The van der Waals surface area contributed by atoms with Gasteiger partial charge in [0, 0.05) is 18.1 Å². The summed E-state index contributed by atoms with van der Waals surface area (Å²) < 4.78 is 11.9. The molecule has 0 fully saturated rings. The highest BCUT2D eigenvalue weighted by Gasteiger charge is 2.05. The Morgan fingerprint density at radius 2 is 2.16 bits per heavy atom. The highest BCUT2D eigenvalue weighted by molar-refractivity contribution is 9.10. The largest absolute Gasteiger partial charge is 0.382 e. The van der Waals surface area contributed by atoms with Crippen molar-refractivity contribution in [2.45, 2.75) is 39.5 Å². The zero-order valence-corrected chi connectivity index (χ0v) is 13.6. The van der Waals surface area contributed by atoms with E-state index in [4.69, 9.17) is 9.47 Å². The Hall–Kier alpha value is -0.420. The zero-order valence-electron chi connectivity index (χ0n) is 12.0. The molecule has 0 aromatic heterocycles. The lowest BCUT2D eigenvalue weighted by Crippen LogP contribution is -2.15. The maximum absolute atomic E-state index is 5.72. The summed E-state index contributed by atoms with van der Waals surface area (Å²) in [6.07, 6.45) is 1.27. The van der Waals surface area contributed by atoms with Crippen LogP contribution in [0.5, 0.6) is 0 Å². The molecule has 1 N–H and O–H groups in total. The maximum Gasteiger partial charge on any atom is 0.0784 e. The van der Waals surface area contributed by atoms with Crippen molar-refractivity contribution in [1.82, 2.24) is 5.32 Å². The lowest BCUT2D eigenvalue weighted by Gasteiger charge is -2.13. The Morgan fingerprint density at radius 1 is 1.37 bits per heavy atom. The van der Waals surface area contributed by atoms with E-state index in [0.717, 1.165) is 24.0 Å². The summed E-state index contributed by atoms with van der Waals surface area (Å²) in [4.78, 5) is 0. The van der Waals surface area contributed by atoms with Crippen LogP contribution in [0.2, 0.25) is 0 Å². The van der Waals surface area contributed by atoms with Gasteiger partial charge in [0.1, 0.15) is 0 Å². The van der Waals surface area contributed by atoms with E-state index >= 15 is 0 Å². The molecule has 0 aliphatic rings. The van der Waals surface area contributed by atoms with Gasteiger partial charge in [-0.25, -0.2) is 0 Å². The van der Waals surface area contributed by atoms with Gasteiger partial charge in [-0.3, -0.25) is 0 Å². The van der Waals surface area contributed by atoms with Crippen molar-refractivity contribution >= 4 is 15.9 Å². The standard InChI is InChI=1S/C15H24BrNO2/c1-4-7-17-9-13-5-6-14(15(16)8-13)11-19-12(2)10-18-3/h5-6,8,12,17H,4,7,9-11H2,1-3H3. The normalized spacial score (nSPS) is 12.6. The van der Waals surface area contributed by atoms with Crippen molar-refractivity contribution in [3.63, 3.8) is 0 Å². The molecule has 0 spiro atoms. The summed E-state index contributed by atoms with van der Waals surface area (Å²) in [5.74, 6) is 0. The second kappa shape index (κ2) is 9.48. The Morgan fingerprint density at radius 3 is 2.79 bits per heavy atom. The Balaban J connectivity index is 2.47. The van der Waals surface area contributed by atoms with E-state index < -0.39 is 0 Å². The van der Waals surface area contributed by atoms with Crippen molar-refractivity contribution in [1.29, 1.82) is 0 Å². The third kappa shape index (κ3) is 6.52. The van der Waals surface area contributed by atoms with Crippen LogP contribution in [0.15, 0.2) is 22.7 Å². The number of methoxy groups -OCH3 is 1. The zero-order chi connectivity index (χ0) is 14.1. The van der Waals surface area contributed by atoms with E-state index in [9.17, 15) is 0 Å². The van der Waals surface area contributed by atoms with Gasteiger partial charge in [0.2, 0.25) is 0 Å². The maximum atomic E-state index is 5.72. The molecular weight excluding hydrogens is 306 g/mol. The first kappa shape index (κ1) is 16.6. The molecule has 1 aromatic rings. The predicted molar refractivity (Wildman–Crippen MR) is 82.3 cm³/mol. The SMILES string of the molecule is CCCNCc1ccc(COC(C)COC)c(Br)c1. The van der Waals surface area contributed by atoms with Crippen LogP contribution in [0.25, 0.3) is 0 Å². The van der Waals surface area contributed by atoms with Crippen LogP contribution in [0.3, 0.4) is 0 Å². The van der Waals surface area contributed by atoms with Crippen molar-refractivity contribution in [2.75, 3.05) is 20.3 Å². The number of hydrogen-bond donors (Lipinski definition) is 1. The lowest BCUT2D eigenvalue weighted by atomic mass is 10.1. The minimum atomic E-state index is 0.114. The molecule has 1 rings (SSSR count). The first-order chi connectivity index (χ1) is 9.17. The first-order valence-electron chi connectivity index (χ1n) is 6.76. The predicted octanol–water partition coefficient (Wildman–Crippen LogP) is 3.50. The first-order valence-corrected chi connectivity index (χ1v) is 7.55. The molecule has 0 aliphatic heterocycles. The molecule has 0 saturated heterocycles. The van der Waals surface area contributed by atoms with Gasteiger partial charge in [-0.15, -0.1) is 0 Å². The van der Waals surface area contributed by atoms with Crippen molar-refractivity contribution < 1.29 is 9.47 Å². The quantitative estimate of drug-likeness (QED) is 0.703. The number of hydrogen-bond acceptors (Lipinski definition) is 3. The molecule has 0 bridgehead atoms.